The van der Waals surface area contributed by atoms with Crippen LogP contribution in [0.15, 0.2) is 53.3 Å². The third-order valence-corrected chi connectivity index (χ3v) is 20.8. The Balaban J connectivity index is 0.000000508. The summed E-state index contributed by atoms with van der Waals surface area (Å²) in [6, 6.07) is 10.1. The summed E-state index contributed by atoms with van der Waals surface area (Å²) in [5.74, 6) is 4.20. The molecule has 12 nitrogen and oxygen atoms in total. The first kappa shape index (κ1) is 76.1. The highest BCUT2D eigenvalue weighted by Crippen LogP contribution is 2.46. The molecule has 2 saturated heterocycles. The molecule has 2 N–H and O–H groups in total. The van der Waals surface area contributed by atoms with E-state index in [-0.39, 0.29) is 52.7 Å². The van der Waals surface area contributed by atoms with Crippen LogP contribution >= 0.6 is 0 Å². The van der Waals surface area contributed by atoms with Gasteiger partial charge in [-0.05, 0) is 179 Å². The van der Waals surface area contributed by atoms with Crippen molar-refractivity contribution in [2.75, 3.05) is 39.9 Å². The molecular formula is C75H119F3N6O6. The second kappa shape index (κ2) is 36.2. The van der Waals surface area contributed by atoms with Crippen LogP contribution < -0.4 is 10.7 Å². The molecule has 2 amide bonds. The molecule has 7 unspecified atom stereocenters. The largest absolute Gasteiger partial charge is 0.388 e. The van der Waals surface area contributed by atoms with Gasteiger partial charge in [0.05, 0.1) is 35.8 Å². The van der Waals surface area contributed by atoms with E-state index in [0.29, 0.717) is 55.4 Å². The summed E-state index contributed by atoms with van der Waals surface area (Å²) < 4.78 is 44.8. The number of pyridine rings is 1. The van der Waals surface area contributed by atoms with Crippen LogP contribution in [0, 0.1) is 59.7 Å². The summed E-state index contributed by atoms with van der Waals surface area (Å²) in [6.07, 6.45) is 19.8. The summed E-state index contributed by atoms with van der Waals surface area (Å²) in [4.78, 5) is 63.2. The number of hydrogen-bond acceptors (Lipinski definition) is 10. The first-order valence-electron chi connectivity index (χ1n) is 35.0. The Morgan fingerprint density at radius 2 is 1.57 bits per heavy atom. The molecule has 90 heavy (non-hydrogen) atoms. The zero-order valence-corrected chi connectivity index (χ0v) is 58.5. The van der Waals surface area contributed by atoms with Crippen LogP contribution in [-0.4, -0.2) is 108 Å². The van der Waals surface area contributed by atoms with Gasteiger partial charge in [0.15, 0.2) is 0 Å². The molecule has 15 heteroatoms. The highest BCUT2D eigenvalue weighted by Gasteiger charge is 2.45. The van der Waals surface area contributed by atoms with Gasteiger partial charge < -0.3 is 19.6 Å². The summed E-state index contributed by atoms with van der Waals surface area (Å²) >= 11 is 0. The van der Waals surface area contributed by atoms with E-state index in [4.69, 9.17) is 19.5 Å². The number of methoxy groups -OCH3 is 1. The number of halogens is 3. The third kappa shape index (κ3) is 22.3. The second-order valence-electron chi connectivity index (χ2n) is 28.5. The Morgan fingerprint density at radius 1 is 0.878 bits per heavy atom. The van der Waals surface area contributed by atoms with Crippen molar-refractivity contribution in [3.8, 4) is 0 Å². The number of nitrogens with zero attached hydrogens (tertiary/aromatic N) is 4. The highest BCUT2D eigenvalue weighted by molar-refractivity contribution is 6.05. The Kier molecular flexibility index (Phi) is 30.6. The van der Waals surface area contributed by atoms with E-state index in [1.54, 1.807) is 19.0 Å². The molecule has 8 rings (SSSR count). The van der Waals surface area contributed by atoms with Crippen LogP contribution in [0.4, 0.5) is 13.2 Å². The average molecular weight is 1260 g/mol. The Bertz CT molecular complexity index is 2680. The first-order valence-corrected chi connectivity index (χ1v) is 35.0. The van der Waals surface area contributed by atoms with Gasteiger partial charge in [-0.25, -0.2) is 5.43 Å². The average Bonchev–Trinajstić information content (AvgIpc) is 0.847. The first-order chi connectivity index (χ1) is 42.7. The number of allylic oxidation sites excluding steroid dienone is 3. The number of aldehydes is 1. The molecule has 506 valence electrons. The van der Waals surface area contributed by atoms with Crippen molar-refractivity contribution >= 4 is 40.7 Å². The van der Waals surface area contributed by atoms with Crippen LogP contribution in [0.1, 0.15) is 259 Å². The molecule has 8 atom stereocenters. The lowest BCUT2D eigenvalue weighted by molar-refractivity contribution is -0.152. The lowest BCUT2D eigenvalue weighted by atomic mass is 9.74. The summed E-state index contributed by atoms with van der Waals surface area (Å²) in [6.45, 7) is 35.6. The van der Waals surface area contributed by atoms with Crippen molar-refractivity contribution in [2.45, 2.75) is 262 Å². The number of ketones is 1. The summed E-state index contributed by atoms with van der Waals surface area (Å²) in [5, 5.41) is 5.15. The highest BCUT2D eigenvalue weighted by atomic mass is 19.4. The van der Waals surface area contributed by atoms with Crippen molar-refractivity contribution in [2.24, 2.45) is 57.8 Å². The van der Waals surface area contributed by atoms with E-state index in [9.17, 15) is 32.3 Å². The number of benzene rings is 1. The number of aryl methyl sites for hydroxylation is 1. The van der Waals surface area contributed by atoms with Gasteiger partial charge in [0, 0.05) is 81.8 Å². The number of nitrogens with one attached hydrogen (secondary N) is 2. The van der Waals surface area contributed by atoms with Gasteiger partial charge in [-0.15, -0.1) is 0 Å². The number of aliphatic imine (C=N–C) groups is 1. The van der Waals surface area contributed by atoms with Crippen LogP contribution in [-0.2, 0) is 28.7 Å². The number of hydrazine groups is 1. The molecule has 0 bridgehead atoms. The van der Waals surface area contributed by atoms with E-state index in [1.165, 1.54) is 41.5 Å². The molecule has 3 aliphatic heterocycles. The fourth-order valence-corrected chi connectivity index (χ4v) is 13.8. The van der Waals surface area contributed by atoms with E-state index in [1.807, 2.05) is 6.20 Å². The Morgan fingerprint density at radius 3 is 2.09 bits per heavy atom. The normalized spacial score (nSPS) is 21.8. The number of alkyl halides is 3. The molecule has 3 aliphatic carbocycles. The molecule has 2 aromatic rings. The zero-order valence-electron chi connectivity index (χ0n) is 58.5. The molecule has 5 fully saturated rings. The topological polar surface area (TPSA) is 143 Å². The molecule has 4 heterocycles. The van der Waals surface area contributed by atoms with Crippen LogP contribution in [0.2, 0.25) is 0 Å². The van der Waals surface area contributed by atoms with Gasteiger partial charge in [0.2, 0.25) is 5.91 Å². The minimum absolute atomic E-state index is 0.0261. The van der Waals surface area contributed by atoms with Gasteiger partial charge in [-0.2, -0.15) is 13.2 Å². The Hall–Kier alpha value is -4.57. The number of hydrogen-bond donors (Lipinski definition) is 2. The number of amides is 2. The predicted molar refractivity (Wildman–Crippen MR) is 362 cm³/mol. The number of carbonyl (C=O) groups is 4. The lowest BCUT2D eigenvalue weighted by Gasteiger charge is -2.47. The van der Waals surface area contributed by atoms with E-state index >= 15 is 0 Å². The third-order valence-electron chi connectivity index (χ3n) is 20.8. The van der Waals surface area contributed by atoms with Crippen molar-refractivity contribution < 1.29 is 41.8 Å². The fourth-order valence-electron chi connectivity index (χ4n) is 13.8. The maximum Gasteiger partial charge on any atom is 0.388 e. The number of ether oxygens (including phenoxy) is 2. The number of aromatic nitrogens is 1. The number of Topliss-reactive ketones (excluding diaryl/α,β-unsaturated/α-hetero) is 1. The van der Waals surface area contributed by atoms with Gasteiger partial charge in [-0.3, -0.25) is 34.3 Å². The molecule has 0 radical (unpaired) electrons. The molecular weight excluding hydrogens is 1140 g/mol. The number of carbonyl (C=O) groups excluding carboxylic acids is 4. The van der Waals surface area contributed by atoms with E-state index in [0.717, 1.165) is 157 Å². The maximum atomic E-state index is 15.0. The Labute approximate surface area is 542 Å². The van der Waals surface area contributed by atoms with Crippen molar-refractivity contribution in [1.29, 1.82) is 0 Å². The molecule has 6 aliphatic rings. The standard InChI is InChI=1S/C56H86N6O4.C11H20O.C5H8O.C3H5F3/c1-12-38(5)35-56(15-4)37-61(31-32-66-56)52(42-21-16-17-22-42)53(63)60-49(54(64)62-30-19-18-29-58-62)34-44-26-27-48(59-44)43-25-24-40(7)46(33-43)47(36-55(9,10)14-3)50(39(6)13-2)45-23-20-28-57-51(45)41(8)65-11;1-7(2)11(10-5-6-10)8(3)9(4)12;6-4-5-2-1-3-5;1-2-3(4,5)6/h20,23-26,28,33,38-39,41-42,49,52,58H,12-19,21-22,27,29-32,34-37H2,1-11H3,(H,60,63);7-8,10-11H,5-6H2,1-4H3;4-5H,1-3H2;2H2,1H3/b50-47+;;;/t38?,39-,41?,49?,52?,56?;;;/m1.../s1. The fraction of sp³-hybridized carbons (Fsp3) is 0.733. The van der Waals surface area contributed by atoms with Crippen LogP contribution in [0.3, 0.4) is 0 Å². The molecule has 0 spiro atoms. The van der Waals surface area contributed by atoms with Gasteiger partial charge in [-0.1, -0.05) is 139 Å². The molecule has 1 aromatic heterocycles. The van der Waals surface area contributed by atoms with Gasteiger partial charge >= 0.3 is 6.18 Å². The van der Waals surface area contributed by atoms with E-state index in [2.05, 4.69) is 142 Å². The van der Waals surface area contributed by atoms with Crippen LogP contribution in [0.5, 0.6) is 0 Å². The van der Waals surface area contributed by atoms with Crippen LogP contribution in [0.25, 0.3) is 11.1 Å². The minimum atomic E-state index is -3.96. The summed E-state index contributed by atoms with van der Waals surface area (Å²) in [5.41, 5.74) is 13.4. The van der Waals surface area contributed by atoms with E-state index < -0.39 is 18.6 Å². The molecule has 3 saturated carbocycles. The smallest absolute Gasteiger partial charge is 0.375 e. The lowest BCUT2D eigenvalue weighted by Crippen LogP contribution is -2.62. The van der Waals surface area contributed by atoms with Crippen molar-refractivity contribution in [3.63, 3.8) is 0 Å². The second-order valence-corrected chi connectivity index (χ2v) is 28.5. The van der Waals surface area contributed by atoms with Gasteiger partial charge in [0.1, 0.15) is 18.1 Å². The number of rotatable bonds is 26. The number of morpholine rings is 1. The quantitative estimate of drug-likeness (QED) is 0.0880. The van der Waals surface area contributed by atoms with Crippen molar-refractivity contribution in [3.05, 3.63) is 76.2 Å². The zero-order chi connectivity index (χ0) is 66.5. The summed E-state index contributed by atoms with van der Waals surface area (Å²) in [7, 11) is 1.76. The van der Waals surface area contributed by atoms with Crippen molar-refractivity contribution in [1.82, 2.24) is 25.6 Å². The SMILES string of the molecule is CC(=O)C(C)C(C(C)C)C1CC1.CCC(C)CC1(CC)CN(C(C(=O)NC(CC2=CCC(c3ccc(C)c(/C(CC(C)(C)CC)=C(/c4cccnc4C(C)OC)[C@H](C)CC)c3)=N2)C(=O)N2CCCCN2)C2CCCC2)CCO1.CCC(F)(F)F.O=CC1CCC1. The van der Waals surface area contributed by atoms with Gasteiger partial charge in [0.25, 0.3) is 5.91 Å². The monoisotopic (exact) mass is 1260 g/mol. The maximum absolute atomic E-state index is 15.0. The minimum Gasteiger partial charge on any atom is -0.375 e. The molecule has 1 aromatic carbocycles. The predicted octanol–water partition coefficient (Wildman–Crippen LogP) is 17.3.